The highest BCUT2D eigenvalue weighted by molar-refractivity contribution is 6.19. The summed E-state index contributed by atoms with van der Waals surface area (Å²) < 4.78 is 7.30. The van der Waals surface area contributed by atoms with E-state index in [1.807, 2.05) is 0 Å². The van der Waals surface area contributed by atoms with Gasteiger partial charge in [-0.3, -0.25) is 0 Å². The van der Waals surface area contributed by atoms with Crippen molar-refractivity contribution in [2.24, 2.45) is 0 Å². The minimum atomic E-state index is -0.649. The Morgan fingerprint density at radius 2 is 0.547 bits per heavy atom. The van der Waals surface area contributed by atoms with Crippen LogP contribution in [0, 0.1) is 0 Å². The van der Waals surface area contributed by atoms with Crippen LogP contribution in [0.15, 0.2) is 249 Å². The van der Waals surface area contributed by atoms with Crippen molar-refractivity contribution >= 4 is 65.4 Å². The van der Waals surface area contributed by atoms with E-state index in [9.17, 15) is 0 Å². The molecule has 3 heterocycles. The molecule has 0 N–H and O–H groups in total. The van der Waals surface area contributed by atoms with Crippen molar-refractivity contribution in [1.82, 2.24) is 13.7 Å². The lowest BCUT2D eigenvalue weighted by atomic mass is 9.65. The van der Waals surface area contributed by atoms with Crippen LogP contribution in [-0.4, -0.2) is 13.7 Å². The summed E-state index contributed by atoms with van der Waals surface area (Å²) in [5.41, 5.74) is 14.7. The summed E-state index contributed by atoms with van der Waals surface area (Å²) >= 11 is 0. The number of aromatic nitrogens is 3. The van der Waals surface area contributed by atoms with Crippen LogP contribution in [-0.2, 0) is 5.41 Å². The van der Waals surface area contributed by atoms with E-state index in [2.05, 4.69) is 262 Å². The lowest BCUT2D eigenvalue weighted by molar-refractivity contribution is 0.744. The van der Waals surface area contributed by atoms with E-state index in [0.717, 1.165) is 17.1 Å². The largest absolute Gasteiger partial charge is 0.309 e. The molecule has 0 spiro atoms. The Morgan fingerprint density at radius 1 is 0.203 bits per heavy atom. The molecule has 0 unspecified atom stereocenters. The highest BCUT2D eigenvalue weighted by Crippen LogP contribution is 2.47. The van der Waals surface area contributed by atoms with Crippen molar-refractivity contribution in [3.05, 3.63) is 271 Å². The maximum atomic E-state index is 2.48. The Bertz CT molecular complexity index is 3780. The van der Waals surface area contributed by atoms with Gasteiger partial charge in [-0.15, -0.1) is 0 Å². The van der Waals surface area contributed by atoms with Crippen molar-refractivity contribution in [3.63, 3.8) is 0 Å². The summed E-state index contributed by atoms with van der Waals surface area (Å²) in [4.78, 5) is 0. The molecule has 64 heavy (non-hydrogen) atoms. The molecule has 10 aromatic carbocycles. The number of benzene rings is 10. The summed E-state index contributed by atoms with van der Waals surface area (Å²) in [5, 5.41) is 7.49. The fourth-order valence-corrected chi connectivity index (χ4v) is 10.9. The minimum Gasteiger partial charge on any atom is -0.309 e. The van der Waals surface area contributed by atoms with Gasteiger partial charge >= 0.3 is 0 Å². The van der Waals surface area contributed by atoms with E-state index < -0.39 is 5.41 Å². The zero-order valence-electron chi connectivity index (χ0n) is 35.0. The molecule has 0 radical (unpaired) electrons. The highest BCUT2D eigenvalue weighted by Gasteiger charge is 2.39. The van der Waals surface area contributed by atoms with Gasteiger partial charge in [0.25, 0.3) is 0 Å². The molecule has 0 aliphatic heterocycles. The van der Waals surface area contributed by atoms with E-state index in [4.69, 9.17) is 0 Å². The second-order valence-corrected chi connectivity index (χ2v) is 16.9. The first kappa shape index (κ1) is 36.3. The van der Waals surface area contributed by atoms with Crippen LogP contribution in [0.1, 0.15) is 22.3 Å². The van der Waals surface area contributed by atoms with Crippen LogP contribution < -0.4 is 0 Å². The first-order valence-electron chi connectivity index (χ1n) is 22.1. The van der Waals surface area contributed by atoms with Gasteiger partial charge in [0, 0.05) is 49.4 Å². The smallest absolute Gasteiger partial charge is 0.0702 e. The van der Waals surface area contributed by atoms with E-state index in [-0.39, 0.29) is 0 Å². The third-order valence-electron chi connectivity index (χ3n) is 13.6. The number of para-hydroxylation sites is 5. The Morgan fingerprint density at radius 3 is 1.05 bits per heavy atom. The van der Waals surface area contributed by atoms with Gasteiger partial charge in [0.2, 0.25) is 0 Å². The van der Waals surface area contributed by atoms with Gasteiger partial charge in [0.1, 0.15) is 0 Å². The molecule has 300 valence electrons. The predicted molar refractivity (Wildman–Crippen MR) is 268 cm³/mol. The zero-order valence-corrected chi connectivity index (χ0v) is 35.0. The maximum absolute atomic E-state index is 2.48. The van der Waals surface area contributed by atoms with Crippen molar-refractivity contribution in [2.45, 2.75) is 5.41 Å². The Labute approximate surface area is 370 Å². The van der Waals surface area contributed by atoms with Gasteiger partial charge < -0.3 is 13.7 Å². The fraction of sp³-hybridized carbons (Fsp3) is 0.0164. The van der Waals surface area contributed by atoms with Gasteiger partial charge in [-0.25, -0.2) is 0 Å². The number of hydrogen-bond donors (Lipinski definition) is 0. The van der Waals surface area contributed by atoms with E-state index in [1.165, 1.54) is 87.7 Å². The predicted octanol–water partition coefficient (Wildman–Crippen LogP) is 15.4. The molecule has 3 nitrogen and oxygen atoms in total. The summed E-state index contributed by atoms with van der Waals surface area (Å²) in [6.07, 6.45) is 0. The van der Waals surface area contributed by atoms with E-state index in [1.54, 1.807) is 0 Å². The van der Waals surface area contributed by atoms with Crippen molar-refractivity contribution in [1.29, 1.82) is 0 Å². The fourth-order valence-electron chi connectivity index (χ4n) is 10.9. The summed E-state index contributed by atoms with van der Waals surface area (Å²) in [6.45, 7) is 0. The van der Waals surface area contributed by atoms with Crippen LogP contribution in [0.25, 0.3) is 82.5 Å². The van der Waals surface area contributed by atoms with Crippen molar-refractivity contribution < 1.29 is 0 Å². The van der Waals surface area contributed by atoms with Crippen molar-refractivity contribution in [3.8, 4) is 17.1 Å². The second kappa shape index (κ2) is 14.3. The zero-order chi connectivity index (χ0) is 42.2. The summed E-state index contributed by atoms with van der Waals surface area (Å²) in [7, 11) is 0. The lowest BCUT2D eigenvalue weighted by Gasteiger charge is -2.37. The minimum absolute atomic E-state index is 0.649. The van der Waals surface area contributed by atoms with Crippen LogP contribution in [0.4, 0.5) is 0 Å². The monoisotopic (exact) mass is 815 g/mol. The molecule has 0 bridgehead atoms. The molecule has 3 aromatic heterocycles. The third-order valence-corrected chi connectivity index (χ3v) is 13.6. The third kappa shape index (κ3) is 5.28. The Balaban J connectivity index is 1.07. The molecule has 0 fully saturated rings. The Hall–Kier alpha value is -8.40. The van der Waals surface area contributed by atoms with Crippen LogP contribution in [0.2, 0.25) is 0 Å². The molecule has 0 saturated carbocycles. The van der Waals surface area contributed by atoms with Gasteiger partial charge in [0.05, 0.1) is 38.5 Å². The van der Waals surface area contributed by atoms with Gasteiger partial charge in [-0.1, -0.05) is 176 Å². The quantitative estimate of drug-likeness (QED) is 0.142. The van der Waals surface area contributed by atoms with E-state index in [0.29, 0.717) is 0 Å². The maximum Gasteiger partial charge on any atom is 0.0702 e. The Kier molecular flexibility index (Phi) is 8.13. The second-order valence-electron chi connectivity index (χ2n) is 16.9. The van der Waals surface area contributed by atoms with Gasteiger partial charge in [0.15, 0.2) is 0 Å². The number of hydrogen-bond acceptors (Lipinski definition) is 0. The number of nitrogens with zero attached hydrogens (tertiary/aromatic N) is 3. The molecule has 3 heteroatoms. The molecule has 0 amide bonds. The van der Waals surface area contributed by atoms with Crippen LogP contribution >= 0.6 is 0 Å². The SMILES string of the molecule is c1ccc(-n2c3ccccc3c3cc4c5ccccc5n(-c5cccc(C(c6ccccc6)(c6ccccc6)c6ccc(-n7c8ccccc8c8ccccc87)cc6)c5)c4cc32)cc1. The van der Waals surface area contributed by atoms with Crippen molar-refractivity contribution in [2.75, 3.05) is 0 Å². The molecular formula is C61H41N3. The average Bonchev–Trinajstić information content (AvgIpc) is 4.00. The topological polar surface area (TPSA) is 14.8 Å². The molecule has 13 rings (SSSR count). The number of rotatable bonds is 7. The normalized spacial score (nSPS) is 12.1. The molecule has 0 aliphatic rings. The summed E-state index contributed by atoms with van der Waals surface area (Å²) in [5.74, 6) is 0. The standard InChI is InChI=1S/C61H41N3/c1-4-19-42(20-5-1)61(43-21-6-2-7-22-43,44-35-37-47(38-36-44)62-55-31-14-10-27-49(55)50-28-11-15-32-56(50)62)45-23-18-26-48(39-45)64-58-34-17-13-30-52(58)54-40-53-51-29-12-16-33-57(51)63(59(53)41-60(54)64)46-24-8-3-9-25-46/h1-41H. The molecule has 0 aliphatic carbocycles. The van der Waals surface area contributed by atoms with E-state index >= 15 is 0 Å². The molecule has 13 aromatic rings. The molecular weight excluding hydrogens is 775 g/mol. The lowest BCUT2D eigenvalue weighted by Crippen LogP contribution is -2.31. The summed E-state index contributed by atoms with van der Waals surface area (Å²) in [6, 6.07) is 91.4. The average molecular weight is 816 g/mol. The first-order chi connectivity index (χ1) is 31.8. The highest BCUT2D eigenvalue weighted by atomic mass is 15.0. The van der Waals surface area contributed by atoms with Crippen LogP contribution in [0.5, 0.6) is 0 Å². The van der Waals surface area contributed by atoms with Gasteiger partial charge in [-0.2, -0.15) is 0 Å². The van der Waals surface area contributed by atoms with Gasteiger partial charge in [-0.05, 0) is 95.1 Å². The number of fused-ring (bicyclic) bond motifs is 9. The van der Waals surface area contributed by atoms with Crippen LogP contribution in [0.3, 0.4) is 0 Å². The molecule has 0 atom stereocenters. The molecule has 0 saturated heterocycles. The first-order valence-corrected chi connectivity index (χ1v) is 22.1.